The van der Waals surface area contributed by atoms with Crippen molar-refractivity contribution in [1.29, 1.82) is 0 Å². The van der Waals surface area contributed by atoms with Crippen molar-refractivity contribution in [2.75, 3.05) is 0 Å². The van der Waals surface area contributed by atoms with Crippen molar-refractivity contribution in [3.05, 3.63) is 29.3 Å². The van der Waals surface area contributed by atoms with Gasteiger partial charge in [0.2, 0.25) is 0 Å². The number of esters is 1. The summed E-state index contributed by atoms with van der Waals surface area (Å²) >= 11 is 0. The van der Waals surface area contributed by atoms with E-state index in [1.165, 1.54) is 30.4 Å². The van der Waals surface area contributed by atoms with Gasteiger partial charge in [0.15, 0.2) is 0 Å². The lowest BCUT2D eigenvalue weighted by molar-refractivity contribution is -0.158. The van der Waals surface area contributed by atoms with Gasteiger partial charge in [0.1, 0.15) is 11.9 Å². The van der Waals surface area contributed by atoms with Crippen molar-refractivity contribution in [2.45, 2.75) is 70.3 Å². The first-order chi connectivity index (χ1) is 12.1. The average Bonchev–Trinajstić information content (AvgIpc) is 2.74. The van der Waals surface area contributed by atoms with Crippen LogP contribution in [-0.2, 0) is 16.0 Å². The van der Waals surface area contributed by atoms with E-state index in [9.17, 15) is 9.90 Å². The van der Waals surface area contributed by atoms with Crippen LogP contribution in [0.4, 0.5) is 0 Å². The van der Waals surface area contributed by atoms with Gasteiger partial charge in [-0.25, -0.2) is 0 Å². The average molecular weight is 340 g/mol. The van der Waals surface area contributed by atoms with Gasteiger partial charge in [-0.1, -0.05) is 13.0 Å². The normalized spacial score (nSPS) is 42.4. The molecule has 1 aromatic rings. The molecule has 1 aromatic carbocycles. The molecule has 0 radical (unpaired) electrons. The van der Waals surface area contributed by atoms with Gasteiger partial charge >= 0.3 is 5.97 Å². The van der Waals surface area contributed by atoms with Crippen LogP contribution in [0, 0.1) is 23.2 Å². The Morgan fingerprint density at radius 2 is 2.08 bits per heavy atom. The molecule has 0 spiro atoms. The Morgan fingerprint density at radius 3 is 2.96 bits per heavy atom. The Kier molecular flexibility index (Phi) is 3.45. The number of rotatable bonds is 0. The predicted octanol–water partition coefficient (Wildman–Crippen LogP) is 4.57. The second-order valence-corrected chi connectivity index (χ2v) is 9.14. The number of aryl methyl sites for hydroxylation is 1. The molecule has 0 aromatic heterocycles. The maximum Gasteiger partial charge on any atom is 0.306 e. The van der Waals surface area contributed by atoms with Crippen molar-refractivity contribution in [2.24, 2.45) is 23.2 Å². The molecule has 0 bridgehead atoms. The van der Waals surface area contributed by atoms with E-state index >= 15 is 0 Å². The Bertz CT molecular complexity index is 711. The molecule has 134 valence electrons. The second kappa shape index (κ2) is 5.49. The molecule has 5 rings (SSSR count). The highest BCUT2D eigenvalue weighted by molar-refractivity contribution is 5.70. The number of carbonyl (C=O) groups excluding carboxylic acids is 1. The Hall–Kier alpha value is -1.51. The first-order valence-electron chi connectivity index (χ1n) is 10.1. The van der Waals surface area contributed by atoms with Gasteiger partial charge in [-0.3, -0.25) is 4.79 Å². The third kappa shape index (κ3) is 2.27. The van der Waals surface area contributed by atoms with Gasteiger partial charge in [-0.2, -0.15) is 0 Å². The summed E-state index contributed by atoms with van der Waals surface area (Å²) in [6.07, 6.45) is 8.79. The van der Waals surface area contributed by atoms with E-state index in [1.807, 2.05) is 12.1 Å². The van der Waals surface area contributed by atoms with Crippen molar-refractivity contribution < 1.29 is 14.6 Å². The summed E-state index contributed by atoms with van der Waals surface area (Å²) in [5, 5.41) is 9.82. The van der Waals surface area contributed by atoms with E-state index in [0.717, 1.165) is 25.7 Å². The zero-order chi connectivity index (χ0) is 17.2. The van der Waals surface area contributed by atoms with Crippen LogP contribution in [0.3, 0.4) is 0 Å². The molecule has 0 amide bonds. The minimum absolute atomic E-state index is 0.0287. The molecule has 3 aliphatic carbocycles. The van der Waals surface area contributed by atoms with Crippen LogP contribution in [-0.4, -0.2) is 17.2 Å². The Morgan fingerprint density at radius 1 is 1.20 bits per heavy atom. The van der Waals surface area contributed by atoms with Crippen LogP contribution in [0.15, 0.2) is 18.2 Å². The summed E-state index contributed by atoms with van der Waals surface area (Å²) in [7, 11) is 0. The van der Waals surface area contributed by atoms with Crippen LogP contribution in [0.1, 0.15) is 68.9 Å². The van der Waals surface area contributed by atoms with Crippen molar-refractivity contribution in [1.82, 2.24) is 0 Å². The molecule has 1 aliphatic heterocycles. The molecule has 1 saturated heterocycles. The van der Waals surface area contributed by atoms with Gasteiger partial charge in [0, 0.05) is 11.8 Å². The topological polar surface area (TPSA) is 46.5 Å². The number of hydrogen-bond donors (Lipinski definition) is 1. The Balaban J connectivity index is 1.48. The molecule has 3 heteroatoms. The summed E-state index contributed by atoms with van der Waals surface area (Å²) in [4.78, 5) is 12.1. The summed E-state index contributed by atoms with van der Waals surface area (Å²) in [5.74, 6) is 3.01. The standard InChI is InChI=1S/C22H28O3/c1-22-10-9-17-16-8-6-15(23)11-13(16)5-7-18(17)19(22)12-14-3-2-4-20(24)25-21(14)22/h6,8,11,14,17-19,21,23H,2-5,7,9-10,12H2,1H3/t14-,17+,18+,19-,21-,22-/m0/s1. The number of aromatic hydroxyl groups is 1. The van der Waals surface area contributed by atoms with E-state index in [0.29, 0.717) is 35.8 Å². The van der Waals surface area contributed by atoms with Crippen LogP contribution in [0.25, 0.3) is 0 Å². The number of hydrogen-bond acceptors (Lipinski definition) is 3. The number of ether oxygens (including phenoxy) is 1. The number of carbonyl (C=O) groups is 1. The highest BCUT2D eigenvalue weighted by Crippen LogP contribution is 2.64. The smallest absolute Gasteiger partial charge is 0.306 e. The van der Waals surface area contributed by atoms with Crippen LogP contribution in [0.5, 0.6) is 5.75 Å². The van der Waals surface area contributed by atoms with E-state index in [-0.39, 0.29) is 17.5 Å². The molecule has 2 saturated carbocycles. The minimum Gasteiger partial charge on any atom is -0.508 e. The lowest BCUT2D eigenvalue weighted by Crippen LogP contribution is -2.45. The fraction of sp³-hybridized carbons (Fsp3) is 0.682. The largest absolute Gasteiger partial charge is 0.508 e. The highest BCUT2D eigenvalue weighted by Gasteiger charge is 2.59. The minimum atomic E-state index is 0.0287. The summed E-state index contributed by atoms with van der Waals surface area (Å²) in [6, 6.07) is 5.99. The zero-order valence-corrected chi connectivity index (χ0v) is 15.0. The third-order valence-corrected chi connectivity index (χ3v) is 8.00. The fourth-order valence-corrected chi connectivity index (χ4v) is 6.91. The summed E-state index contributed by atoms with van der Waals surface area (Å²) < 4.78 is 6.00. The van der Waals surface area contributed by atoms with Crippen LogP contribution >= 0.6 is 0 Å². The predicted molar refractivity (Wildman–Crippen MR) is 95.3 cm³/mol. The lowest BCUT2D eigenvalue weighted by Gasteiger charge is -2.50. The molecular formula is C22H28O3. The number of benzene rings is 1. The first-order valence-corrected chi connectivity index (χ1v) is 10.1. The van der Waals surface area contributed by atoms with Crippen LogP contribution < -0.4 is 0 Å². The van der Waals surface area contributed by atoms with E-state index < -0.39 is 0 Å². The maximum absolute atomic E-state index is 12.1. The van der Waals surface area contributed by atoms with E-state index in [4.69, 9.17) is 4.74 Å². The second-order valence-electron chi connectivity index (χ2n) is 9.14. The Labute approximate surface area is 149 Å². The van der Waals surface area contributed by atoms with Crippen molar-refractivity contribution >= 4 is 5.97 Å². The number of phenolic OH excluding ortho intramolecular Hbond substituents is 1. The maximum atomic E-state index is 12.1. The molecule has 6 atom stereocenters. The lowest BCUT2D eigenvalue weighted by atomic mass is 9.55. The van der Waals surface area contributed by atoms with Gasteiger partial charge in [-0.05, 0) is 91.9 Å². The van der Waals surface area contributed by atoms with Gasteiger partial charge in [0.25, 0.3) is 0 Å². The van der Waals surface area contributed by atoms with Gasteiger partial charge in [-0.15, -0.1) is 0 Å². The van der Waals surface area contributed by atoms with Crippen molar-refractivity contribution in [3.8, 4) is 5.75 Å². The fourth-order valence-electron chi connectivity index (χ4n) is 6.91. The highest BCUT2D eigenvalue weighted by atomic mass is 16.5. The number of phenols is 1. The van der Waals surface area contributed by atoms with Gasteiger partial charge in [0.05, 0.1) is 0 Å². The first kappa shape index (κ1) is 15.7. The number of fused-ring (bicyclic) bond motifs is 7. The van der Waals surface area contributed by atoms with E-state index in [2.05, 4.69) is 13.0 Å². The third-order valence-electron chi connectivity index (χ3n) is 8.00. The molecule has 3 fully saturated rings. The van der Waals surface area contributed by atoms with E-state index in [1.54, 1.807) is 0 Å². The summed E-state index contributed by atoms with van der Waals surface area (Å²) in [5.41, 5.74) is 2.99. The molecule has 1 N–H and O–H groups in total. The SMILES string of the molecule is C[C@]12CC[C@@H]3c4ccc(O)cc4CC[C@H]3[C@@H]1C[C@@H]1CCCC(=O)O[C@@H]12. The quantitative estimate of drug-likeness (QED) is 0.704. The van der Waals surface area contributed by atoms with Crippen LogP contribution in [0.2, 0.25) is 0 Å². The molecule has 4 aliphatic rings. The monoisotopic (exact) mass is 340 g/mol. The zero-order valence-electron chi connectivity index (χ0n) is 15.0. The molecular weight excluding hydrogens is 312 g/mol. The molecule has 0 unspecified atom stereocenters. The summed E-state index contributed by atoms with van der Waals surface area (Å²) in [6.45, 7) is 2.41. The van der Waals surface area contributed by atoms with Gasteiger partial charge < -0.3 is 9.84 Å². The molecule has 3 nitrogen and oxygen atoms in total. The molecule has 1 heterocycles. The molecule has 25 heavy (non-hydrogen) atoms. The van der Waals surface area contributed by atoms with Crippen molar-refractivity contribution in [3.63, 3.8) is 0 Å².